The van der Waals surface area contributed by atoms with E-state index < -0.39 is 11.6 Å². The van der Waals surface area contributed by atoms with Crippen molar-refractivity contribution < 1.29 is 13.6 Å². The maximum atomic E-state index is 14.6. The number of aromatic nitrogens is 1. The molecule has 0 aliphatic heterocycles. The number of hydrogen-bond donors (Lipinski definition) is 2. The number of benzene rings is 2. The summed E-state index contributed by atoms with van der Waals surface area (Å²) in [6, 6.07) is 9.19. The van der Waals surface area contributed by atoms with Crippen LogP contribution in [0.3, 0.4) is 0 Å². The number of aromatic amines is 1. The molecule has 0 aliphatic carbocycles. The van der Waals surface area contributed by atoms with Gasteiger partial charge in [0, 0.05) is 33.8 Å². The van der Waals surface area contributed by atoms with Gasteiger partial charge in [-0.2, -0.15) is 11.8 Å². The predicted molar refractivity (Wildman–Crippen MR) is 116 cm³/mol. The molecule has 1 atom stereocenters. The second-order valence-corrected chi connectivity index (χ2v) is 8.12. The Morgan fingerprint density at radius 3 is 2.59 bits per heavy atom. The van der Waals surface area contributed by atoms with Gasteiger partial charge < -0.3 is 10.3 Å². The molecule has 1 heterocycles. The van der Waals surface area contributed by atoms with Gasteiger partial charge in [0.1, 0.15) is 11.6 Å². The fraction of sp³-hybridized carbons (Fsp3) is 0.227. The molecule has 3 rings (SSSR count). The number of rotatable bonds is 6. The SMILES string of the molecule is CSCC(NC(=O)c1c[nH]c(C)c1-c1c(F)ccc(F)c1C)c1cccc(Cl)c1. The summed E-state index contributed by atoms with van der Waals surface area (Å²) >= 11 is 7.68. The summed E-state index contributed by atoms with van der Waals surface area (Å²) in [6.45, 7) is 3.23. The summed E-state index contributed by atoms with van der Waals surface area (Å²) in [7, 11) is 0. The molecule has 3 aromatic rings. The van der Waals surface area contributed by atoms with Crippen LogP contribution in [0.5, 0.6) is 0 Å². The molecule has 1 aromatic heterocycles. The molecule has 0 saturated heterocycles. The van der Waals surface area contributed by atoms with E-state index in [1.54, 1.807) is 24.8 Å². The van der Waals surface area contributed by atoms with Crippen molar-refractivity contribution in [2.24, 2.45) is 0 Å². The first-order chi connectivity index (χ1) is 13.8. The Morgan fingerprint density at radius 1 is 1.17 bits per heavy atom. The Labute approximate surface area is 177 Å². The summed E-state index contributed by atoms with van der Waals surface area (Å²) in [4.78, 5) is 16.1. The van der Waals surface area contributed by atoms with Crippen LogP contribution in [0.2, 0.25) is 5.02 Å². The minimum absolute atomic E-state index is 0.0954. The standard InChI is InChI=1S/C22H21ClF2N2OS/c1-12-17(24)7-8-18(25)20(12)21-13(2)26-10-16(21)22(28)27-19(11-29-3)14-5-4-6-15(23)9-14/h4-10,19,26H,11H2,1-3H3,(H,27,28). The second kappa shape index (κ2) is 9.01. The van der Waals surface area contributed by atoms with Crippen LogP contribution in [0.1, 0.15) is 33.2 Å². The second-order valence-electron chi connectivity index (χ2n) is 6.77. The Balaban J connectivity index is 2.00. The van der Waals surface area contributed by atoms with Crippen molar-refractivity contribution in [3.05, 3.63) is 81.6 Å². The lowest BCUT2D eigenvalue weighted by molar-refractivity contribution is 0.0941. The van der Waals surface area contributed by atoms with Gasteiger partial charge in [-0.1, -0.05) is 23.7 Å². The highest BCUT2D eigenvalue weighted by Crippen LogP contribution is 2.34. The Bertz CT molecular complexity index is 1050. The van der Waals surface area contributed by atoms with Gasteiger partial charge in [-0.05, 0) is 55.5 Å². The van der Waals surface area contributed by atoms with Crippen LogP contribution in [0, 0.1) is 25.5 Å². The van der Waals surface area contributed by atoms with E-state index in [1.807, 2.05) is 24.5 Å². The predicted octanol–water partition coefficient (Wildman–Crippen LogP) is 6.06. The quantitative estimate of drug-likeness (QED) is 0.495. The van der Waals surface area contributed by atoms with Crippen LogP contribution in [-0.4, -0.2) is 22.9 Å². The van der Waals surface area contributed by atoms with Gasteiger partial charge in [0.05, 0.1) is 11.6 Å². The van der Waals surface area contributed by atoms with Crippen molar-refractivity contribution in [3.8, 4) is 11.1 Å². The van der Waals surface area contributed by atoms with Gasteiger partial charge in [-0.25, -0.2) is 8.78 Å². The van der Waals surface area contributed by atoms with Gasteiger partial charge in [0.15, 0.2) is 0 Å². The highest BCUT2D eigenvalue weighted by Gasteiger charge is 2.24. The number of carbonyl (C=O) groups is 1. The molecular weight excluding hydrogens is 414 g/mol. The van der Waals surface area contributed by atoms with E-state index in [0.29, 0.717) is 22.0 Å². The maximum absolute atomic E-state index is 14.6. The third-order valence-electron chi connectivity index (χ3n) is 4.81. The number of thioether (sulfide) groups is 1. The molecule has 1 unspecified atom stereocenters. The molecule has 3 nitrogen and oxygen atoms in total. The molecule has 0 spiro atoms. The van der Waals surface area contributed by atoms with E-state index in [9.17, 15) is 13.6 Å². The number of amides is 1. The number of carbonyl (C=O) groups excluding carboxylic acids is 1. The molecule has 1 amide bonds. The van der Waals surface area contributed by atoms with Crippen LogP contribution in [0.25, 0.3) is 11.1 Å². The van der Waals surface area contributed by atoms with Crippen LogP contribution >= 0.6 is 23.4 Å². The lowest BCUT2D eigenvalue weighted by Gasteiger charge is -2.19. The van der Waals surface area contributed by atoms with E-state index in [0.717, 1.165) is 17.7 Å². The lowest BCUT2D eigenvalue weighted by Crippen LogP contribution is -2.30. The summed E-state index contributed by atoms with van der Waals surface area (Å²) in [5.41, 5.74) is 2.36. The summed E-state index contributed by atoms with van der Waals surface area (Å²) in [5, 5.41) is 3.58. The molecule has 0 aliphatic rings. The highest BCUT2D eigenvalue weighted by atomic mass is 35.5. The fourth-order valence-corrected chi connectivity index (χ4v) is 4.14. The van der Waals surface area contributed by atoms with E-state index in [-0.39, 0.29) is 28.6 Å². The first-order valence-electron chi connectivity index (χ1n) is 9.01. The molecule has 0 saturated carbocycles. The van der Waals surface area contributed by atoms with Gasteiger partial charge in [0.2, 0.25) is 0 Å². The topological polar surface area (TPSA) is 44.9 Å². The average molecular weight is 435 g/mol. The number of halogens is 3. The van der Waals surface area contributed by atoms with Crippen LogP contribution in [0.4, 0.5) is 8.78 Å². The molecule has 0 radical (unpaired) electrons. The molecule has 29 heavy (non-hydrogen) atoms. The van der Waals surface area contributed by atoms with Crippen molar-refractivity contribution in [2.45, 2.75) is 19.9 Å². The number of nitrogens with one attached hydrogen (secondary N) is 2. The van der Waals surface area contributed by atoms with Gasteiger partial charge >= 0.3 is 0 Å². The first kappa shape index (κ1) is 21.4. The molecule has 0 bridgehead atoms. The van der Waals surface area contributed by atoms with Crippen molar-refractivity contribution >= 4 is 29.3 Å². The minimum Gasteiger partial charge on any atom is -0.364 e. The van der Waals surface area contributed by atoms with Gasteiger partial charge in [-0.3, -0.25) is 4.79 Å². The number of H-pyrrole nitrogens is 1. The zero-order chi connectivity index (χ0) is 21.1. The third-order valence-corrected chi connectivity index (χ3v) is 5.71. The molecular formula is C22H21ClF2N2OS. The number of aryl methyl sites for hydroxylation is 1. The molecule has 2 aromatic carbocycles. The van der Waals surface area contributed by atoms with Crippen molar-refractivity contribution in [1.82, 2.24) is 10.3 Å². The van der Waals surface area contributed by atoms with Crippen LogP contribution in [-0.2, 0) is 0 Å². The van der Waals surface area contributed by atoms with Gasteiger partial charge in [-0.15, -0.1) is 0 Å². The first-order valence-corrected chi connectivity index (χ1v) is 10.8. The zero-order valence-corrected chi connectivity index (χ0v) is 17.8. The molecule has 0 fully saturated rings. The average Bonchev–Trinajstić information content (AvgIpc) is 3.06. The van der Waals surface area contributed by atoms with Crippen molar-refractivity contribution in [3.63, 3.8) is 0 Å². The smallest absolute Gasteiger partial charge is 0.253 e. The third kappa shape index (κ3) is 4.49. The van der Waals surface area contributed by atoms with Gasteiger partial charge in [0.25, 0.3) is 5.91 Å². The van der Waals surface area contributed by atoms with E-state index in [2.05, 4.69) is 10.3 Å². The van der Waals surface area contributed by atoms with Crippen LogP contribution in [0.15, 0.2) is 42.6 Å². The fourth-order valence-electron chi connectivity index (χ4n) is 3.34. The monoisotopic (exact) mass is 434 g/mol. The zero-order valence-electron chi connectivity index (χ0n) is 16.3. The van der Waals surface area contributed by atoms with E-state index in [4.69, 9.17) is 11.6 Å². The maximum Gasteiger partial charge on any atom is 0.253 e. The largest absolute Gasteiger partial charge is 0.364 e. The highest BCUT2D eigenvalue weighted by molar-refractivity contribution is 7.98. The summed E-state index contributed by atoms with van der Waals surface area (Å²) in [5.74, 6) is -0.826. The Morgan fingerprint density at radius 2 is 1.90 bits per heavy atom. The molecule has 152 valence electrons. The summed E-state index contributed by atoms with van der Waals surface area (Å²) < 4.78 is 28.7. The van der Waals surface area contributed by atoms with Crippen LogP contribution < -0.4 is 5.32 Å². The minimum atomic E-state index is -0.573. The Hall–Kier alpha value is -2.31. The molecule has 2 N–H and O–H groups in total. The van der Waals surface area contributed by atoms with Crippen molar-refractivity contribution in [1.29, 1.82) is 0 Å². The normalized spacial score (nSPS) is 12.1. The molecule has 7 heteroatoms. The van der Waals surface area contributed by atoms with Crippen molar-refractivity contribution in [2.75, 3.05) is 12.0 Å². The number of hydrogen-bond acceptors (Lipinski definition) is 2. The summed E-state index contributed by atoms with van der Waals surface area (Å²) in [6.07, 6.45) is 3.47. The Kier molecular flexibility index (Phi) is 6.65. The van der Waals surface area contributed by atoms with E-state index >= 15 is 0 Å². The lowest BCUT2D eigenvalue weighted by atomic mass is 9.96. The van der Waals surface area contributed by atoms with E-state index in [1.165, 1.54) is 13.1 Å².